The molecule has 1 amide bonds. The summed E-state index contributed by atoms with van der Waals surface area (Å²) in [6, 6.07) is 18.4. The van der Waals surface area contributed by atoms with Gasteiger partial charge in [0.05, 0.1) is 18.5 Å². The van der Waals surface area contributed by atoms with E-state index in [4.69, 9.17) is 0 Å². The Morgan fingerprint density at radius 2 is 1.77 bits per heavy atom. The van der Waals surface area contributed by atoms with Gasteiger partial charge in [-0.05, 0) is 48.4 Å². The van der Waals surface area contributed by atoms with Gasteiger partial charge in [0, 0.05) is 6.20 Å². The number of nitrogens with one attached hydrogen (secondary N) is 1. The molecule has 3 atom stereocenters. The van der Waals surface area contributed by atoms with Crippen LogP contribution < -0.4 is 5.32 Å². The quantitative estimate of drug-likeness (QED) is 0.630. The summed E-state index contributed by atoms with van der Waals surface area (Å²) < 4.78 is 41.4. The van der Waals surface area contributed by atoms with Crippen molar-refractivity contribution in [2.24, 2.45) is 5.92 Å². The lowest BCUT2D eigenvalue weighted by Gasteiger charge is -2.28. The highest BCUT2D eigenvalue weighted by Gasteiger charge is 2.47. The Labute approximate surface area is 175 Å². The maximum Gasteiger partial charge on any atom is 0.230 e. The lowest BCUT2D eigenvalue weighted by Crippen LogP contribution is -2.37. The summed E-state index contributed by atoms with van der Waals surface area (Å²) in [5, 5.41) is 2.75. The van der Waals surface area contributed by atoms with Crippen LogP contribution >= 0.6 is 0 Å². The van der Waals surface area contributed by atoms with Crippen molar-refractivity contribution in [1.29, 1.82) is 0 Å². The second-order valence-electron chi connectivity index (χ2n) is 7.09. The summed E-state index contributed by atoms with van der Waals surface area (Å²) in [5.74, 6) is -0.865. The third kappa shape index (κ3) is 4.16. The topological polar surface area (TPSA) is 85.4 Å². The van der Waals surface area contributed by atoms with Crippen molar-refractivity contribution >= 4 is 22.1 Å². The number of hydrogen-bond acceptors (Lipinski definition) is 4. The van der Waals surface area contributed by atoms with Crippen LogP contribution in [0.25, 0.3) is 0 Å². The Morgan fingerprint density at radius 1 is 1.07 bits per heavy atom. The second kappa shape index (κ2) is 8.43. The summed E-state index contributed by atoms with van der Waals surface area (Å²) in [6.07, 6.45) is 1.86. The highest BCUT2D eigenvalue weighted by Crippen LogP contribution is 2.41. The summed E-state index contributed by atoms with van der Waals surface area (Å²) in [6.45, 7) is 0.0257. The van der Waals surface area contributed by atoms with Crippen LogP contribution in [-0.4, -0.2) is 26.3 Å². The number of rotatable bonds is 5. The first-order valence-corrected chi connectivity index (χ1v) is 10.9. The Morgan fingerprint density at radius 3 is 2.43 bits per heavy atom. The molecule has 1 aliphatic rings. The molecule has 0 spiro atoms. The van der Waals surface area contributed by atoms with E-state index in [1.807, 2.05) is 0 Å². The molecule has 0 aliphatic carbocycles. The number of halogens is 1. The number of aromatic nitrogens is 1. The lowest BCUT2D eigenvalue weighted by atomic mass is 9.99. The second-order valence-corrected chi connectivity index (χ2v) is 8.98. The molecular formula is C22H20FN3O3S. The zero-order chi connectivity index (χ0) is 21.1. The third-order valence-electron chi connectivity index (χ3n) is 5.15. The van der Waals surface area contributed by atoms with E-state index < -0.39 is 28.2 Å². The zero-order valence-electron chi connectivity index (χ0n) is 16.0. The zero-order valence-corrected chi connectivity index (χ0v) is 16.8. The molecular weight excluding hydrogens is 405 g/mol. The van der Waals surface area contributed by atoms with Crippen molar-refractivity contribution in [2.45, 2.75) is 17.4 Å². The third-order valence-corrected chi connectivity index (χ3v) is 7.04. The molecule has 154 valence electrons. The van der Waals surface area contributed by atoms with E-state index in [9.17, 15) is 17.9 Å². The highest BCUT2D eigenvalue weighted by atomic mass is 32.3. The molecule has 4 rings (SSSR count). The highest BCUT2D eigenvalue weighted by molar-refractivity contribution is 7.95. The predicted octanol–water partition coefficient (Wildman–Crippen LogP) is 3.83. The molecule has 0 saturated carbocycles. The molecule has 6 nitrogen and oxygen atoms in total. The van der Waals surface area contributed by atoms with Crippen LogP contribution in [0, 0.1) is 11.7 Å². The molecule has 2 aromatic carbocycles. The number of amides is 1. The molecule has 1 unspecified atom stereocenters. The lowest BCUT2D eigenvalue weighted by molar-refractivity contribution is -0.119. The molecule has 1 aliphatic heterocycles. The van der Waals surface area contributed by atoms with Gasteiger partial charge in [0.2, 0.25) is 5.91 Å². The van der Waals surface area contributed by atoms with Crippen LogP contribution in [0.5, 0.6) is 0 Å². The number of carbonyl (C=O) groups is 1. The normalized spacial score (nSPS) is 21.1. The molecule has 1 fully saturated rings. The van der Waals surface area contributed by atoms with E-state index in [2.05, 4.69) is 10.3 Å². The van der Waals surface area contributed by atoms with Gasteiger partial charge in [-0.15, -0.1) is 4.31 Å². The first kappa shape index (κ1) is 20.3. The monoisotopic (exact) mass is 425 g/mol. The van der Waals surface area contributed by atoms with E-state index in [1.165, 1.54) is 28.6 Å². The Bertz CT molecular complexity index is 1060. The van der Waals surface area contributed by atoms with Crippen LogP contribution in [0.3, 0.4) is 0 Å². The number of carbonyl (C=O) groups excluding carboxylic acids is 1. The van der Waals surface area contributed by atoms with Gasteiger partial charge in [0.15, 0.2) is 15.3 Å². The average molecular weight is 425 g/mol. The largest absolute Gasteiger partial charge is 0.593 e. The van der Waals surface area contributed by atoms with E-state index in [-0.39, 0.29) is 23.8 Å². The number of pyridine rings is 1. The van der Waals surface area contributed by atoms with Crippen LogP contribution in [-0.2, 0) is 19.4 Å². The first-order chi connectivity index (χ1) is 14.4. The average Bonchev–Trinajstić information content (AvgIpc) is 3.22. The summed E-state index contributed by atoms with van der Waals surface area (Å²) in [4.78, 5) is 17.1. The molecule has 30 heavy (non-hydrogen) atoms. The van der Waals surface area contributed by atoms with Gasteiger partial charge in [-0.1, -0.05) is 40.6 Å². The summed E-state index contributed by atoms with van der Waals surface area (Å²) >= 11 is 0. The van der Waals surface area contributed by atoms with Crippen molar-refractivity contribution in [1.82, 2.24) is 9.29 Å². The fourth-order valence-corrected chi connectivity index (χ4v) is 5.33. The SMILES string of the molecule is O=C(Nc1ccccn1)[C@@H]1C[C@@H](c2ccc(F)cc2)N([S+](=O)([O-])c2ccccc2)C1. The van der Waals surface area contributed by atoms with Crippen LogP contribution in [0.1, 0.15) is 18.0 Å². The minimum absolute atomic E-state index is 0.0257. The molecule has 1 aromatic heterocycles. The van der Waals surface area contributed by atoms with E-state index in [0.29, 0.717) is 11.4 Å². The molecule has 0 radical (unpaired) electrons. The Balaban J connectivity index is 1.64. The maximum atomic E-state index is 13.4. The molecule has 2 heterocycles. The van der Waals surface area contributed by atoms with Gasteiger partial charge in [0.1, 0.15) is 11.6 Å². The number of sulfonamides is 1. The standard InChI is InChI=1S/C22H20FN3O3S/c23-18-11-9-16(10-12-18)20-14-17(22(27)25-21-8-4-5-13-24-21)15-26(20)30(28,29)19-6-2-1-3-7-19/h1-13,17,20H,14-15H2,(H-,24,25,27,28,29)/t17-,20+/m1/s1. The smallest absolute Gasteiger partial charge is 0.230 e. The van der Waals surface area contributed by atoms with Gasteiger partial charge >= 0.3 is 0 Å². The fourth-order valence-electron chi connectivity index (χ4n) is 3.64. The molecule has 3 aromatic rings. The van der Waals surface area contributed by atoms with Crippen LogP contribution in [0.2, 0.25) is 0 Å². The van der Waals surface area contributed by atoms with Crippen molar-refractivity contribution in [3.8, 4) is 0 Å². The Kier molecular flexibility index (Phi) is 5.72. The van der Waals surface area contributed by atoms with Crippen molar-refractivity contribution in [3.05, 3.63) is 90.4 Å². The van der Waals surface area contributed by atoms with E-state index in [0.717, 1.165) is 0 Å². The van der Waals surface area contributed by atoms with Crippen molar-refractivity contribution in [3.63, 3.8) is 0 Å². The predicted molar refractivity (Wildman–Crippen MR) is 110 cm³/mol. The van der Waals surface area contributed by atoms with E-state index in [1.54, 1.807) is 54.7 Å². The van der Waals surface area contributed by atoms with Crippen LogP contribution in [0.4, 0.5) is 10.2 Å². The summed E-state index contributed by atoms with van der Waals surface area (Å²) in [7, 11) is -3.84. The van der Waals surface area contributed by atoms with Gasteiger partial charge < -0.3 is 9.87 Å². The number of nitrogens with zero attached hydrogens (tertiary/aromatic N) is 2. The van der Waals surface area contributed by atoms with Crippen molar-refractivity contribution < 1.29 is 17.9 Å². The van der Waals surface area contributed by atoms with Gasteiger partial charge in [-0.25, -0.2) is 9.37 Å². The van der Waals surface area contributed by atoms with E-state index >= 15 is 0 Å². The first-order valence-electron chi connectivity index (χ1n) is 9.49. The number of hydrogen-bond donors (Lipinski definition) is 1. The molecule has 8 heteroatoms. The summed E-state index contributed by atoms with van der Waals surface area (Å²) in [5.41, 5.74) is 0.643. The minimum Gasteiger partial charge on any atom is -0.593 e. The number of anilines is 1. The maximum absolute atomic E-state index is 13.4. The van der Waals surface area contributed by atoms with Crippen molar-refractivity contribution in [2.75, 3.05) is 11.9 Å². The molecule has 1 saturated heterocycles. The van der Waals surface area contributed by atoms with Crippen LogP contribution in [0.15, 0.2) is 83.9 Å². The van der Waals surface area contributed by atoms with Gasteiger partial charge in [-0.3, -0.25) is 4.79 Å². The van der Waals surface area contributed by atoms with Gasteiger partial charge in [-0.2, -0.15) is 0 Å². The molecule has 0 bridgehead atoms. The molecule has 1 N–H and O–H groups in total. The fraction of sp³-hybridized carbons (Fsp3) is 0.182. The Hall–Kier alpha value is -2.94. The number of benzene rings is 2. The minimum atomic E-state index is -3.84. The van der Waals surface area contributed by atoms with Gasteiger partial charge in [0.25, 0.3) is 0 Å².